The van der Waals surface area contributed by atoms with E-state index in [1.54, 1.807) is 30.3 Å². The Bertz CT molecular complexity index is 954. The first-order chi connectivity index (χ1) is 13.6. The summed E-state index contributed by atoms with van der Waals surface area (Å²) in [5.41, 5.74) is 6.85. The number of carbonyl (C=O) groups is 3. The lowest BCUT2D eigenvalue weighted by molar-refractivity contribution is -0.121. The molecule has 142 valence electrons. The van der Waals surface area contributed by atoms with Crippen molar-refractivity contribution < 1.29 is 14.4 Å². The highest BCUT2D eigenvalue weighted by Crippen LogP contribution is 2.16. The molecule has 3 aromatic rings. The van der Waals surface area contributed by atoms with Gasteiger partial charge in [0.05, 0.1) is 5.69 Å². The van der Waals surface area contributed by atoms with Gasteiger partial charge in [0.25, 0.3) is 11.8 Å². The molecule has 2 aromatic carbocycles. The molecule has 1 aromatic heterocycles. The van der Waals surface area contributed by atoms with Crippen molar-refractivity contribution in [2.24, 2.45) is 0 Å². The Morgan fingerprint density at radius 1 is 0.857 bits per heavy atom. The number of rotatable bonds is 6. The smallest absolute Gasteiger partial charge is 0.287 e. The fraction of sp³-hybridized carbons (Fsp3) is 0.100. The molecule has 3 amide bonds. The van der Waals surface area contributed by atoms with Crippen LogP contribution in [0.25, 0.3) is 11.3 Å². The van der Waals surface area contributed by atoms with Crippen LogP contribution in [0.4, 0.5) is 0 Å². The van der Waals surface area contributed by atoms with E-state index in [0.717, 1.165) is 5.56 Å². The Kier molecular flexibility index (Phi) is 6.14. The summed E-state index contributed by atoms with van der Waals surface area (Å²) in [5, 5.41) is 9.36. The van der Waals surface area contributed by atoms with Crippen molar-refractivity contribution in [2.45, 2.75) is 6.42 Å². The number of H-pyrrole nitrogens is 1. The SMILES string of the molecule is O=C(CCNC(=O)c1ccccc1)NNC(=O)c1cc(-c2ccccc2)n[nH]1. The second kappa shape index (κ2) is 9.13. The first kappa shape index (κ1) is 18.8. The Labute approximate surface area is 161 Å². The number of benzene rings is 2. The lowest BCUT2D eigenvalue weighted by atomic mass is 10.1. The van der Waals surface area contributed by atoms with Crippen molar-refractivity contribution in [3.05, 3.63) is 78.0 Å². The number of aromatic nitrogens is 2. The summed E-state index contributed by atoms with van der Waals surface area (Å²) in [6.45, 7) is 0.150. The number of aromatic amines is 1. The summed E-state index contributed by atoms with van der Waals surface area (Å²) in [7, 11) is 0. The Hall–Kier alpha value is -3.94. The summed E-state index contributed by atoms with van der Waals surface area (Å²) >= 11 is 0. The fourth-order valence-corrected chi connectivity index (χ4v) is 2.43. The normalized spacial score (nSPS) is 10.1. The van der Waals surface area contributed by atoms with E-state index in [1.807, 2.05) is 36.4 Å². The molecule has 0 atom stereocenters. The summed E-state index contributed by atoms with van der Waals surface area (Å²) in [6.07, 6.45) is 0.0249. The zero-order chi connectivity index (χ0) is 19.8. The first-order valence-electron chi connectivity index (χ1n) is 8.67. The van der Waals surface area contributed by atoms with Crippen molar-refractivity contribution in [3.8, 4) is 11.3 Å². The predicted molar refractivity (Wildman–Crippen MR) is 103 cm³/mol. The third-order valence-corrected chi connectivity index (χ3v) is 3.88. The molecule has 8 nitrogen and oxygen atoms in total. The molecule has 0 saturated heterocycles. The molecule has 0 bridgehead atoms. The van der Waals surface area contributed by atoms with Gasteiger partial charge in [0.2, 0.25) is 5.91 Å². The van der Waals surface area contributed by atoms with Gasteiger partial charge < -0.3 is 5.32 Å². The summed E-state index contributed by atoms with van der Waals surface area (Å²) in [6, 6.07) is 19.7. The number of nitrogens with zero attached hydrogens (tertiary/aromatic N) is 1. The van der Waals surface area contributed by atoms with Crippen LogP contribution in [-0.2, 0) is 4.79 Å². The summed E-state index contributed by atoms with van der Waals surface area (Å²) < 4.78 is 0. The molecular formula is C20H19N5O3. The highest BCUT2D eigenvalue weighted by Gasteiger charge is 2.12. The standard InChI is InChI=1S/C20H19N5O3/c26-18(11-12-21-19(27)15-9-5-2-6-10-15)24-25-20(28)17-13-16(22-23-17)14-7-3-1-4-8-14/h1-10,13H,11-12H2,(H,21,27)(H,22,23)(H,24,26)(H,25,28). The first-order valence-corrected chi connectivity index (χ1v) is 8.67. The monoisotopic (exact) mass is 377 g/mol. The second-order valence-electron chi connectivity index (χ2n) is 5.91. The molecule has 0 aliphatic rings. The number of carbonyl (C=O) groups excluding carboxylic acids is 3. The number of hydrogen-bond donors (Lipinski definition) is 4. The predicted octanol–water partition coefficient (Wildman–Crippen LogP) is 1.66. The van der Waals surface area contributed by atoms with E-state index in [1.165, 1.54) is 0 Å². The van der Waals surface area contributed by atoms with Crippen LogP contribution in [0.2, 0.25) is 0 Å². The lowest BCUT2D eigenvalue weighted by Gasteiger charge is -2.07. The van der Waals surface area contributed by atoms with Gasteiger partial charge in [0.1, 0.15) is 5.69 Å². The van der Waals surface area contributed by atoms with Crippen LogP contribution < -0.4 is 16.2 Å². The minimum atomic E-state index is -0.517. The van der Waals surface area contributed by atoms with Crippen molar-refractivity contribution in [3.63, 3.8) is 0 Å². The molecule has 0 saturated carbocycles. The van der Waals surface area contributed by atoms with Crippen molar-refractivity contribution in [2.75, 3.05) is 6.54 Å². The van der Waals surface area contributed by atoms with Crippen molar-refractivity contribution in [1.29, 1.82) is 0 Å². The van der Waals surface area contributed by atoms with Crippen LogP contribution in [0.5, 0.6) is 0 Å². The van der Waals surface area contributed by atoms with E-state index in [-0.39, 0.29) is 24.6 Å². The molecule has 0 radical (unpaired) electrons. The zero-order valence-corrected chi connectivity index (χ0v) is 14.9. The van der Waals surface area contributed by atoms with Gasteiger partial charge in [-0.15, -0.1) is 0 Å². The van der Waals surface area contributed by atoms with E-state index >= 15 is 0 Å². The third kappa shape index (κ3) is 5.04. The summed E-state index contributed by atoms with van der Waals surface area (Å²) in [4.78, 5) is 35.8. The third-order valence-electron chi connectivity index (χ3n) is 3.88. The maximum atomic E-state index is 12.1. The quantitative estimate of drug-likeness (QED) is 0.489. The van der Waals surface area contributed by atoms with E-state index in [0.29, 0.717) is 11.3 Å². The highest BCUT2D eigenvalue weighted by molar-refractivity contribution is 5.95. The number of hydrogen-bond acceptors (Lipinski definition) is 4. The largest absolute Gasteiger partial charge is 0.352 e. The number of nitrogens with one attached hydrogen (secondary N) is 4. The van der Waals surface area contributed by atoms with Gasteiger partial charge in [-0.1, -0.05) is 48.5 Å². The van der Waals surface area contributed by atoms with Gasteiger partial charge in [-0.2, -0.15) is 5.10 Å². The van der Waals surface area contributed by atoms with Crippen molar-refractivity contribution in [1.82, 2.24) is 26.4 Å². The molecule has 0 aliphatic heterocycles. The van der Waals surface area contributed by atoms with Crippen LogP contribution >= 0.6 is 0 Å². The van der Waals surface area contributed by atoms with Gasteiger partial charge in [0, 0.05) is 24.1 Å². The average molecular weight is 377 g/mol. The topological polar surface area (TPSA) is 116 Å². The molecule has 8 heteroatoms. The molecular weight excluding hydrogens is 358 g/mol. The Morgan fingerprint density at radius 3 is 2.25 bits per heavy atom. The molecule has 0 aliphatic carbocycles. The Balaban J connectivity index is 1.41. The van der Waals surface area contributed by atoms with E-state index in [2.05, 4.69) is 26.4 Å². The number of amides is 3. The molecule has 1 heterocycles. The molecule has 4 N–H and O–H groups in total. The maximum Gasteiger partial charge on any atom is 0.287 e. The van der Waals surface area contributed by atoms with Crippen LogP contribution in [-0.4, -0.2) is 34.5 Å². The summed E-state index contributed by atoms with van der Waals surface area (Å²) in [5.74, 6) is -1.20. The van der Waals surface area contributed by atoms with E-state index in [9.17, 15) is 14.4 Å². The van der Waals surface area contributed by atoms with Crippen LogP contribution in [0.1, 0.15) is 27.3 Å². The van der Waals surface area contributed by atoms with Gasteiger partial charge in [0.15, 0.2) is 0 Å². The lowest BCUT2D eigenvalue weighted by Crippen LogP contribution is -2.43. The Morgan fingerprint density at radius 2 is 1.54 bits per heavy atom. The van der Waals surface area contributed by atoms with Crippen LogP contribution in [0.3, 0.4) is 0 Å². The van der Waals surface area contributed by atoms with E-state index < -0.39 is 11.8 Å². The molecule has 0 spiro atoms. The van der Waals surface area contributed by atoms with Crippen LogP contribution in [0.15, 0.2) is 66.7 Å². The minimum Gasteiger partial charge on any atom is -0.352 e. The molecule has 0 fully saturated rings. The second-order valence-corrected chi connectivity index (χ2v) is 5.91. The van der Waals surface area contributed by atoms with E-state index in [4.69, 9.17) is 0 Å². The molecule has 3 rings (SSSR count). The minimum absolute atomic E-state index is 0.0249. The number of hydrazine groups is 1. The maximum absolute atomic E-state index is 12.1. The van der Waals surface area contributed by atoms with Crippen molar-refractivity contribution >= 4 is 17.7 Å². The average Bonchev–Trinajstić information content (AvgIpc) is 3.23. The highest BCUT2D eigenvalue weighted by atomic mass is 16.2. The molecule has 28 heavy (non-hydrogen) atoms. The van der Waals surface area contributed by atoms with Gasteiger partial charge in [-0.3, -0.25) is 30.3 Å². The van der Waals surface area contributed by atoms with Gasteiger partial charge in [-0.25, -0.2) is 0 Å². The van der Waals surface area contributed by atoms with Gasteiger partial charge in [-0.05, 0) is 18.2 Å². The van der Waals surface area contributed by atoms with Crippen LogP contribution in [0, 0.1) is 0 Å². The zero-order valence-electron chi connectivity index (χ0n) is 14.9. The fourth-order valence-electron chi connectivity index (χ4n) is 2.43. The van der Waals surface area contributed by atoms with Gasteiger partial charge >= 0.3 is 0 Å². The molecule has 0 unspecified atom stereocenters.